The van der Waals surface area contributed by atoms with Gasteiger partial charge in [0.1, 0.15) is 17.1 Å². The molecule has 1 N–H and O–H groups in total. The zero-order valence-electron chi connectivity index (χ0n) is 21.1. The molecular weight excluding hydrogens is 465 g/mol. The van der Waals surface area contributed by atoms with Gasteiger partial charge in [0.15, 0.2) is 11.5 Å². The van der Waals surface area contributed by atoms with Crippen LogP contribution in [-0.4, -0.2) is 68.0 Å². The fourth-order valence-electron chi connectivity index (χ4n) is 4.82. The Morgan fingerprint density at radius 1 is 1.22 bits per heavy atom. The maximum absolute atomic E-state index is 14.3. The van der Waals surface area contributed by atoms with Crippen molar-refractivity contribution in [3.05, 3.63) is 48.1 Å². The lowest BCUT2D eigenvalue weighted by atomic mass is 10.00. The predicted octanol–water partition coefficient (Wildman–Crippen LogP) is 3.66. The Kier molecular flexibility index (Phi) is 5.60. The molecule has 1 spiro atoms. The number of nitrogens with one attached hydrogen (secondary N) is 1. The average molecular weight is 496 g/mol. The van der Waals surface area contributed by atoms with E-state index in [1.165, 1.54) is 16.7 Å². The van der Waals surface area contributed by atoms with Gasteiger partial charge in [0, 0.05) is 44.0 Å². The molecule has 2 aliphatic rings. The minimum absolute atomic E-state index is 0.00810. The lowest BCUT2D eigenvalue weighted by Gasteiger charge is -2.31. The van der Waals surface area contributed by atoms with E-state index >= 15 is 0 Å². The number of fused-ring (bicyclic) bond motifs is 1. The van der Waals surface area contributed by atoms with Crippen molar-refractivity contribution in [2.75, 3.05) is 30.4 Å². The number of hydrogen-bond donors (Lipinski definition) is 1. The third-order valence-corrected chi connectivity index (χ3v) is 6.73. The van der Waals surface area contributed by atoms with Crippen molar-refractivity contribution in [1.82, 2.24) is 24.3 Å². The molecule has 0 bridgehead atoms. The number of carbonyl (C=O) groups is 2. The van der Waals surface area contributed by atoms with Crippen molar-refractivity contribution in [3.63, 3.8) is 0 Å². The highest BCUT2D eigenvalue weighted by molar-refractivity contribution is 6.02. The van der Waals surface area contributed by atoms with Crippen LogP contribution in [0.4, 0.5) is 20.7 Å². The molecule has 1 saturated heterocycles. The van der Waals surface area contributed by atoms with Gasteiger partial charge in [0.25, 0.3) is 5.91 Å². The third-order valence-electron chi connectivity index (χ3n) is 6.73. The standard InChI is InChI=1S/C25H30FN7O3/c1-15-11-32-12-16(8-17(26)21(32)29-15)30-22(34)18-9-28-20(10-27-18)33-13-19(25(14-33)6-7-25)31(5)23(35)36-24(2,3)4/h8-12,19H,6-7,13-14H2,1-5H3,(H,30,34)/t19-/m1/s1. The number of hydrogen-bond acceptors (Lipinski definition) is 7. The first-order valence-electron chi connectivity index (χ1n) is 11.9. The molecular formula is C25H30FN7O3. The highest BCUT2D eigenvalue weighted by Gasteiger charge is 2.58. The van der Waals surface area contributed by atoms with E-state index in [2.05, 4.69) is 25.2 Å². The molecule has 11 heteroatoms. The number of nitrogens with zero attached hydrogens (tertiary/aromatic N) is 6. The van der Waals surface area contributed by atoms with Crippen LogP contribution < -0.4 is 10.2 Å². The predicted molar refractivity (Wildman–Crippen MR) is 132 cm³/mol. The number of rotatable bonds is 4. The summed E-state index contributed by atoms with van der Waals surface area (Å²) < 4.78 is 21.4. The number of amides is 2. The number of halogens is 1. The van der Waals surface area contributed by atoms with E-state index in [1.54, 1.807) is 37.5 Å². The molecule has 4 heterocycles. The molecule has 1 aliphatic heterocycles. The minimum atomic E-state index is -0.558. The Hall–Kier alpha value is -3.76. The smallest absolute Gasteiger partial charge is 0.410 e. The fraction of sp³-hybridized carbons (Fsp3) is 0.480. The maximum Gasteiger partial charge on any atom is 0.410 e. The maximum atomic E-state index is 14.3. The third kappa shape index (κ3) is 4.57. The van der Waals surface area contributed by atoms with E-state index in [4.69, 9.17) is 4.74 Å². The number of pyridine rings is 1. The Bertz CT molecular complexity index is 1330. The minimum Gasteiger partial charge on any atom is -0.444 e. The Labute approximate surface area is 208 Å². The second-order valence-corrected chi connectivity index (χ2v) is 10.8. The molecule has 1 atom stereocenters. The van der Waals surface area contributed by atoms with Gasteiger partial charge in [-0.2, -0.15) is 0 Å². The van der Waals surface area contributed by atoms with Crippen molar-refractivity contribution < 1.29 is 18.7 Å². The molecule has 2 fully saturated rings. The van der Waals surface area contributed by atoms with Gasteiger partial charge < -0.3 is 24.3 Å². The van der Waals surface area contributed by atoms with Crippen LogP contribution in [0.25, 0.3) is 5.65 Å². The van der Waals surface area contributed by atoms with Crippen LogP contribution >= 0.6 is 0 Å². The molecule has 1 saturated carbocycles. The van der Waals surface area contributed by atoms with Crippen molar-refractivity contribution in [1.29, 1.82) is 0 Å². The summed E-state index contributed by atoms with van der Waals surface area (Å²) in [5.74, 6) is -0.386. The molecule has 0 unspecified atom stereocenters. The molecule has 0 radical (unpaired) electrons. The summed E-state index contributed by atoms with van der Waals surface area (Å²) in [6.07, 6.45) is 7.98. The van der Waals surface area contributed by atoms with Crippen molar-refractivity contribution in [2.24, 2.45) is 5.41 Å². The van der Waals surface area contributed by atoms with Crippen LogP contribution in [0.2, 0.25) is 0 Å². The monoisotopic (exact) mass is 495 g/mol. The highest BCUT2D eigenvalue weighted by atomic mass is 19.1. The van der Waals surface area contributed by atoms with E-state index in [-0.39, 0.29) is 34.6 Å². The van der Waals surface area contributed by atoms with Crippen molar-refractivity contribution in [3.8, 4) is 0 Å². The summed E-state index contributed by atoms with van der Waals surface area (Å²) in [6, 6.07) is 1.23. The van der Waals surface area contributed by atoms with Gasteiger partial charge in [-0.3, -0.25) is 4.79 Å². The van der Waals surface area contributed by atoms with Gasteiger partial charge in [-0.25, -0.2) is 24.1 Å². The number of carbonyl (C=O) groups excluding carboxylic acids is 2. The van der Waals surface area contributed by atoms with Gasteiger partial charge in [0.05, 0.1) is 29.8 Å². The Morgan fingerprint density at radius 2 is 1.97 bits per heavy atom. The van der Waals surface area contributed by atoms with Gasteiger partial charge >= 0.3 is 6.09 Å². The first-order valence-corrected chi connectivity index (χ1v) is 11.9. The summed E-state index contributed by atoms with van der Waals surface area (Å²) in [6.45, 7) is 8.70. The van der Waals surface area contributed by atoms with E-state index in [1.807, 2.05) is 20.8 Å². The lowest BCUT2D eigenvalue weighted by Crippen LogP contribution is -2.45. The van der Waals surface area contributed by atoms with Crippen LogP contribution in [0.1, 0.15) is 49.8 Å². The zero-order valence-corrected chi connectivity index (χ0v) is 21.1. The van der Waals surface area contributed by atoms with E-state index in [0.29, 0.717) is 18.1 Å². The van der Waals surface area contributed by atoms with Crippen LogP contribution in [0.3, 0.4) is 0 Å². The number of imidazole rings is 1. The topological polar surface area (TPSA) is 105 Å². The number of ether oxygens (including phenoxy) is 1. The fourth-order valence-corrected chi connectivity index (χ4v) is 4.82. The summed E-state index contributed by atoms with van der Waals surface area (Å²) in [7, 11) is 1.78. The molecule has 190 valence electrons. The normalized spacial score (nSPS) is 18.5. The number of aryl methyl sites for hydroxylation is 1. The number of anilines is 2. The average Bonchev–Trinajstić information content (AvgIpc) is 3.31. The van der Waals surface area contributed by atoms with Gasteiger partial charge in [-0.05, 0) is 40.5 Å². The highest BCUT2D eigenvalue weighted by Crippen LogP contribution is 2.55. The van der Waals surface area contributed by atoms with Crippen LogP contribution in [0, 0.1) is 18.2 Å². The number of aromatic nitrogens is 4. The van der Waals surface area contributed by atoms with Crippen LogP contribution in [0.15, 0.2) is 30.9 Å². The van der Waals surface area contributed by atoms with E-state index in [9.17, 15) is 14.0 Å². The summed E-state index contributed by atoms with van der Waals surface area (Å²) >= 11 is 0. The second kappa shape index (κ2) is 8.42. The quantitative estimate of drug-likeness (QED) is 0.589. The summed E-state index contributed by atoms with van der Waals surface area (Å²) in [5, 5.41) is 2.66. The number of likely N-dealkylation sites (N-methyl/N-ethyl adjacent to an activating group) is 1. The van der Waals surface area contributed by atoms with Gasteiger partial charge in [-0.1, -0.05) is 0 Å². The molecule has 3 aromatic heterocycles. The van der Waals surface area contributed by atoms with Crippen LogP contribution in [-0.2, 0) is 4.74 Å². The largest absolute Gasteiger partial charge is 0.444 e. The molecule has 0 aromatic carbocycles. The van der Waals surface area contributed by atoms with Crippen molar-refractivity contribution >= 4 is 29.2 Å². The molecule has 5 rings (SSSR count). The van der Waals surface area contributed by atoms with E-state index in [0.717, 1.165) is 19.4 Å². The summed E-state index contributed by atoms with van der Waals surface area (Å²) in [4.78, 5) is 42.0. The Morgan fingerprint density at radius 3 is 2.61 bits per heavy atom. The first-order chi connectivity index (χ1) is 16.9. The zero-order chi connectivity index (χ0) is 25.8. The van der Waals surface area contributed by atoms with Crippen molar-refractivity contribution in [2.45, 2.75) is 52.2 Å². The SMILES string of the molecule is Cc1cn2cc(NC(=O)c3cnc(N4C[C@@H](N(C)C(=O)OC(C)(C)C)C5(CC5)C4)cn3)cc(F)c2n1. The molecule has 2 amide bonds. The first kappa shape index (κ1) is 24.0. The molecule has 1 aliphatic carbocycles. The molecule has 3 aromatic rings. The lowest BCUT2D eigenvalue weighted by molar-refractivity contribution is 0.0189. The van der Waals surface area contributed by atoms with E-state index < -0.39 is 17.3 Å². The van der Waals surface area contributed by atoms with Gasteiger partial charge in [0.2, 0.25) is 0 Å². The summed E-state index contributed by atoms with van der Waals surface area (Å²) in [5.41, 5.74) is 0.743. The Balaban J connectivity index is 1.26. The van der Waals surface area contributed by atoms with Gasteiger partial charge in [-0.15, -0.1) is 0 Å². The molecule has 36 heavy (non-hydrogen) atoms. The second-order valence-electron chi connectivity index (χ2n) is 10.8. The molecule has 10 nitrogen and oxygen atoms in total. The van der Waals surface area contributed by atoms with Crippen LogP contribution in [0.5, 0.6) is 0 Å².